The van der Waals surface area contributed by atoms with Gasteiger partial charge in [0.15, 0.2) is 0 Å². The van der Waals surface area contributed by atoms with Crippen molar-refractivity contribution in [1.82, 2.24) is 15.0 Å². The maximum atomic E-state index is 12.0. The van der Waals surface area contributed by atoms with Crippen LogP contribution in [0.4, 0.5) is 22.9 Å². The quantitative estimate of drug-likeness (QED) is 0.389. The van der Waals surface area contributed by atoms with E-state index in [0.717, 1.165) is 59.3 Å². The van der Waals surface area contributed by atoms with Gasteiger partial charge in [-0.1, -0.05) is 17.3 Å². The molecule has 184 valence electrons. The van der Waals surface area contributed by atoms with E-state index in [-0.39, 0.29) is 5.91 Å². The maximum absolute atomic E-state index is 12.0. The van der Waals surface area contributed by atoms with Crippen LogP contribution in [0.3, 0.4) is 0 Å². The first-order valence-corrected chi connectivity index (χ1v) is 12.7. The predicted octanol–water partition coefficient (Wildman–Crippen LogP) is 4.36. The van der Waals surface area contributed by atoms with E-state index in [9.17, 15) is 4.79 Å². The van der Waals surface area contributed by atoms with Crippen molar-refractivity contribution in [3.05, 3.63) is 61.1 Å². The molecule has 1 amide bonds. The molecule has 1 aromatic carbocycles. The molecule has 0 bridgehead atoms. The van der Waals surface area contributed by atoms with Gasteiger partial charge in [0.25, 0.3) is 0 Å². The molecule has 10 nitrogen and oxygen atoms in total. The van der Waals surface area contributed by atoms with Gasteiger partial charge in [-0.15, -0.1) is 4.89 Å². The molecular weight excluding hydrogens is 478 g/mol. The van der Waals surface area contributed by atoms with Crippen LogP contribution in [-0.2, 0) is 14.7 Å². The molecule has 0 spiro atoms. The lowest BCUT2D eigenvalue weighted by molar-refractivity contribution is -0.347. The molecule has 6 rings (SSSR count). The first-order chi connectivity index (χ1) is 17.6. The fourth-order valence-electron chi connectivity index (χ4n) is 4.48. The number of anilines is 4. The summed E-state index contributed by atoms with van der Waals surface area (Å²) >= 11 is 1.67. The molecule has 1 unspecified atom stereocenters. The van der Waals surface area contributed by atoms with Crippen molar-refractivity contribution in [2.24, 2.45) is 5.16 Å². The monoisotopic (exact) mass is 503 g/mol. The molecule has 2 aromatic heterocycles. The number of hydrazine groups is 1. The molecule has 0 aliphatic carbocycles. The first kappa shape index (κ1) is 22.8. The zero-order chi connectivity index (χ0) is 24.5. The summed E-state index contributed by atoms with van der Waals surface area (Å²) in [6.07, 6.45) is 8.61. The third kappa shape index (κ3) is 4.36. The summed E-state index contributed by atoms with van der Waals surface area (Å²) in [5, 5.41) is 9.15. The Morgan fingerprint density at radius 1 is 1.03 bits per heavy atom. The number of nitrogens with one attached hydrogen (secondary N) is 1. The number of rotatable bonds is 6. The second kappa shape index (κ2) is 9.41. The number of oxime groups is 1. The maximum Gasteiger partial charge on any atom is 0.227 e. The van der Waals surface area contributed by atoms with Gasteiger partial charge in [0, 0.05) is 42.7 Å². The zero-order valence-corrected chi connectivity index (χ0v) is 20.5. The minimum absolute atomic E-state index is 0.193. The summed E-state index contributed by atoms with van der Waals surface area (Å²) in [5.74, 6) is 1.82. The Balaban J connectivity index is 1.15. The average molecular weight is 504 g/mol. The molecule has 36 heavy (non-hydrogen) atoms. The molecule has 1 N–H and O–H groups in total. The normalized spacial score (nSPS) is 21.9. The van der Waals surface area contributed by atoms with Gasteiger partial charge in [0.05, 0.1) is 23.8 Å². The van der Waals surface area contributed by atoms with Crippen LogP contribution < -0.4 is 14.6 Å². The number of hydrogen-bond donors (Lipinski definition) is 1. The molecule has 1 atom stereocenters. The highest BCUT2D eigenvalue weighted by Gasteiger charge is 2.44. The van der Waals surface area contributed by atoms with Gasteiger partial charge in [0.1, 0.15) is 12.0 Å². The summed E-state index contributed by atoms with van der Waals surface area (Å²) < 4.78 is 2.05. The molecule has 0 radical (unpaired) electrons. The molecule has 11 heteroatoms. The fraction of sp³-hybridized carbons (Fsp3) is 0.280. The van der Waals surface area contributed by atoms with Gasteiger partial charge in [-0.3, -0.25) is 9.78 Å². The smallest absolute Gasteiger partial charge is 0.227 e. The Kier molecular flexibility index (Phi) is 5.96. The average Bonchev–Trinajstić information content (AvgIpc) is 3.67. The van der Waals surface area contributed by atoms with E-state index in [2.05, 4.69) is 24.9 Å². The molecule has 3 aromatic rings. The van der Waals surface area contributed by atoms with Gasteiger partial charge in [-0.2, -0.15) is 5.01 Å². The van der Waals surface area contributed by atoms with Crippen LogP contribution in [0, 0.1) is 0 Å². The number of aromatic nitrogens is 2. The number of nitrogens with zero attached hydrogens (tertiary/aromatic N) is 6. The van der Waals surface area contributed by atoms with Crippen LogP contribution in [0.5, 0.6) is 0 Å². The molecule has 3 aliphatic rings. The highest BCUT2D eigenvalue weighted by atomic mass is 32.2. The Labute approximate surface area is 212 Å². The number of amides is 1. The van der Waals surface area contributed by atoms with E-state index < -0.39 is 5.72 Å². The van der Waals surface area contributed by atoms with E-state index in [1.54, 1.807) is 24.4 Å². The van der Waals surface area contributed by atoms with Crippen LogP contribution in [0.2, 0.25) is 0 Å². The lowest BCUT2D eigenvalue weighted by atomic mass is 10.1. The number of pyridine rings is 2. The van der Waals surface area contributed by atoms with Gasteiger partial charge in [-0.25, -0.2) is 14.4 Å². The summed E-state index contributed by atoms with van der Waals surface area (Å²) in [6.45, 7) is 3.48. The van der Waals surface area contributed by atoms with Gasteiger partial charge in [0.2, 0.25) is 11.6 Å². The summed E-state index contributed by atoms with van der Waals surface area (Å²) in [5.41, 5.74) is 3.96. The van der Waals surface area contributed by atoms with E-state index in [0.29, 0.717) is 6.42 Å². The molecular formula is C25H25N7O3S. The Morgan fingerprint density at radius 2 is 1.89 bits per heavy atom. The first-order valence-electron chi connectivity index (χ1n) is 11.8. The minimum atomic E-state index is -0.771. The molecule has 3 aliphatic heterocycles. The van der Waals surface area contributed by atoms with E-state index in [4.69, 9.17) is 9.88 Å². The van der Waals surface area contributed by atoms with Crippen LogP contribution in [-0.4, -0.2) is 51.7 Å². The second-order valence-electron chi connectivity index (χ2n) is 8.86. The van der Waals surface area contributed by atoms with Crippen molar-refractivity contribution in [1.29, 1.82) is 0 Å². The summed E-state index contributed by atoms with van der Waals surface area (Å²) in [6, 6.07) is 14.0. The van der Waals surface area contributed by atoms with E-state index in [1.165, 1.54) is 0 Å². The van der Waals surface area contributed by atoms with Crippen LogP contribution in [0.25, 0.3) is 11.1 Å². The Morgan fingerprint density at radius 3 is 2.61 bits per heavy atom. The van der Waals surface area contributed by atoms with Gasteiger partial charge < -0.3 is 10.2 Å². The third-order valence-corrected chi connectivity index (χ3v) is 7.37. The van der Waals surface area contributed by atoms with Crippen molar-refractivity contribution in [2.45, 2.75) is 25.5 Å². The molecule has 5 heterocycles. The van der Waals surface area contributed by atoms with Crippen LogP contribution in [0.1, 0.15) is 19.8 Å². The SMILES string of the molecule is CC1(N2CCSN2c2cncc(Nc3ccc(-c4ccc(N5CCCC5=O)cc4)cn3)c2)C=NOO1. The number of carbonyl (C=O) groups excluding carboxylic acids is 1. The lowest BCUT2D eigenvalue weighted by Gasteiger charge is -2.35. The van der Waals surface area contributed by atoms with Crippen molar-refractivity contribution < 1.29 is 14.7 Å². The van der Waals surface area contributed by atoms with Crippen LogP contribution >= 0.6 is 11.9 Å². The molecule has 0 saturated carbocycles. The van der Waals surface area contributed by atoms with Crippen molar-refractivity contribution in [3.8, 4) is 11.1 Å². The lowest BCUT2D eigenvalue weighted by Crippen LogP contribution is -2.52. The minimum Gasteiger partial charge on any atom is -0.339 e. The highest BCUT2D eigenvalue weighted by Crippen LogP contribution is 2.37. The Bertz CT molecular complexity index is 1290. The van der Waals surface area contributed by atoms with E-state index in [1.807, 2.05) is 71.7 Å². The van der Waals surface area contributed by atoms with Crippen molar-refractivity contribution in [2.75, 3.05) is 33.5 Å². The Hall–Kier alpha value is -3.67. The van der Waals surface area contributed by atoms with E-state index >= 15 is 0 Å². The molecule has 2 fully saturated rings. The zero-order valence-electron chi connectivity index (χ0n) is 19.7. The van der Waals surface area contributed by atoms with Gasteiger partial charge >= 0.3 is 0 Å². The third-order valence-electron chi connectivity index (χ3n) is 6.36. The van der Waals surface area contributed by atoms with Crippen molar-refractivity contribution >= 4 is 46.9 Å². The number of benzene rings is 1. The summed E-state index contributed by atoms with van der Waals surface area (Å²) in [7, 11) is 0. The van der Waals surface area contributed by atoms with Gasteiger partial charge in [-0.05, 0) is 61.2 Å². The fourth-order valence-corrected chi connectivity index (χ4v) is 5.54. The predicted molar refractivity (Wildman–Crippen MR) is 139 cm³/mol. The topological polar surface area (TPSA) is 95.4 Å². The molecule has 2 saturated heterocycles. The van der Waals surface area contributed by atoms with Crippen LogP contribution in [0.15, 0.2) is 66.2 Å². The number of carbonyl (C=O) groups is 1. The summed E-state index contributed by atoms with van der Waals surface area (Å²) in [4.78, 5) is 33.0. The second-order valence-corrected chi connectivity index (χ2v) is 9.87. The van der Waals surface area contributed by atoms with Crippen molar-refractivity contribution in [3.63, 3.8) is 0 Å². The highest BCUT2D eigenvalue weighted by molar-refractivity contribution is 8.00. The largest absolute Gasteiger partial charge is 0.339 e. The number of hydrogen-bond acceptors (Lipinski definition) is 10. The standard InChI is InChI=1S/C25H25N7O3S/c1-25(17-28-35-34-25)31-11-12-36-32(31)22-13-20(15-26-16-22)29-23-9-6-19(14-27-23)18-4-7-21(8-5-18)30-10-2-3-24(30)33/h4-9,13-17H,2-3,10-12H2,1H3,(H,27,29).